The molecule has 10 heteroatoms. The third-order valence-electron chi connectivity index (χ3n) is 4.62. The van der Waals surface area contributed by atoms with E-state index in [-0.39, 0.29) is 18.1 Å². The molecular formula is C22H19ClF3N3O3. The van der Waals surface area contributed by atoms with Crippen molar-refractivity contribution in [2.45, 2.75) is 26.1 Å². The molecule has 1 atom stereocenters. The van der Waals surface area contributed by atoms with Gasteiger partial charge in [-0.1, -0.05) is 36.7 Å². The number of amides is 1. The number of nitrogens with one attached hydrogen (secondary N) is 1. The fourth-order valence-electron chi connectivity index (χ4n) is 3.11. The van der Waals surface area contributed by atoms with Gasteiger partial charge in [0.05, 0.1) is 11.4 Å². The van der Waals surface area contributed by atoms with Crippen LogP contribution in [0.3, 0.4) is 0 Å². The van der Waals surface area contributed by atoms with Crippen molar-refractivity contribution >= 4 is 29.6 Å². The number of nitrogens with zero attached hydrogens (tertiary/aromatic N) is 2. The predicted octanol–water partition coefficient (Wildman–Crippen LogP) is 5.65. The Morgan fingerprint density at radius 1 is 1.22 bits per heavy atom. The first-order valence-electron chi connectivity index (χ1n) is 9.67. The highest BCUT2D eigenvalue weighted by Crippen LogP contribution is 2.31. The molecule has 1 N–H and O–H groups in total. The van der Waals surface area contributed by atoms with Crippen LogP contribution in [-0.4, -0.2) is 28.3 Å². The van der Waals surface area contributed by atoms with Crippen LogP contribution in [0.4, 0.5) is 19.0 Å². The Hall–Kier alpha value is -3.33. The Balaban J connectivity index is 2.03. The zero-order valence-electron chi connectivity index (χ0n) is 16.9. The van der Waals surface area contributed by atoms with Crippen molar-refractivity contribution in [2.75, 3.05) is 5.32 Å². The molecule has 3 rings (SSSR count). The fraction of sp³-hybridized carbons (Fsp3) is 0.227. The van der Waals surface area contributed by atoms with Crippen LogP contribution in [0.2, 0.25) is 5.02 Å². The highest BCUT2D eigenvalue weighted by molar-refractivity contribution is 6.30. The number of carbonyl (C=O) groups is 2. The molecule has 168 valence electrons. The lowest BCUT2D eigenvalue weighted by Gasteiger charge is -2.11. The van der Waals surface area contributed by atoms with E-state index in [1.165, 1.54) is 28.9 Å². The minimum Gasteiger partial charge on any atom is -0.406 e. The summed E-state index contributed by atoms with van der Waals surface area (Å²) in [6.07, 6.45) is -3.63. The van der Waals surface area contributed by atoms with Gasteiger partial charge in [0.2, 0.25) is 5.91 Å². The van der Waals surface area contributed by atoms with E-state index in [9.17, 15) is 22.8 Å². The first-order chi connectivity index (χ1) is 15.2. The monoisotopic (exact) mass is 465 g/mol. The molecule has 0 fully saturated rings. The van der Waals surface area contributed by atoms with Crippen molar-refractivity contribution in [3.05, 3.63) is 59.6 Å². The summed E-state index contributed by atoms with van der Waals surface area (Å²) in [6.45, 7) is 1.79. The average Bonchev–Trinajstić information content (AvgIpc) is 3.14. The SMILES string of the molecule is CC[C@H](CC=O)C(=O)Nc1cc(-c2cccc(OC(F)(F)F)c2)n(-c2cccc(Cl)c2)n1. The Kier molecular flexibility index (Phi) is 7.19. The molecule has 0 aliphatic heterocycles. The molecule has 3 aromatic rings. The Bertz CT molecular complexity index is 1120. The molecule has 0 radical (unpaired) electrons. The lowest BCUT2D eigenvalue weighted by molar-refractivity contribution is -0.274. The standard InChI is InChI=1S/C22H19ClF3N3O3/c1-2-14(9-10-30)21(31)27-20-13-19(29(28-20)17-7-4-6-16(23)12-17)15-5-3-8-18(11-15)32-22(24,25)26/h3-8,10-14H,2,9H2,1H3,(H,27,28,31)/t14-/m1/s1. The van der Waals surface area contributed by atoms with E-state index in [1.54, 1.807) is 37.3 Å². The molecule has 0 saturated carbocycles. The number of carbonyl (C=O) groups excluding carboxylic acids is 2. The lowest BCUT2D eigenvalue weighted by atomic mass is 10.0. The van der Waals surface area contributed by atoms with Crippen molar-refractivity contribution in [3.63, 3.8) is 0 Å². The Morgan fingerprint density at radius 2 is 1.97 bits per heavy atom. The number of rotatable bonds is 8. The minimum absolute atomic E-state index is 0.0705. The van der Waals surface area contributed by atoms with Crippen molar-refractivity contribution in [1.82, 2.24) is 9.78 Å². The van der Waals surface area contributed by atoms with Crippen LogP contribution in [-0.2, 0) is 9.59 Å². The van der Waals surface area contributed by atoms with Gasteiger partial charge in [0.15, 0.2) is 5.82 Å². The number of ether oxygens (including phenoxy) is 1. The van der Waals surface area contributed by atoms with Gasteiger partial charge in [0, 0.05) is 29.0 Å². The molecule has 0 aliphatic carbocycles. The van der Waals surface area contributed by atoms with Crippen LogP contribution >= 0.6 is 11.6 Å². The summed E-state index contributed by atoms with van der Waals surface area (Å²) < 4.78 is 43.4. The van der Waals surface area contributed by atoms with E-state index in [1.807, 2.05) is 0 Å². The number of alkyl halides is 3. The topological polar surface area (TPSA) is 73.2 Å². The zero-order valence-corrected chi connectivity index (χ0v) is 17.7. The van der Waals surface area contributed by atoms with Gasteiger partial charge in [-0.3, -0.25) is 4.79 Å². The first-order valence-corrected chi connectivity index (χ1v) is 10.0. The summed E-state index contributed by atoms with van der Waals surface area (Å²) in [6, 6.07) is 13.6. The quantitative estimate of drug-likeness (QED) is 0.437. The molecule has 0 bridgehead atoms. The van der Waals surface area contributed by atoms with Crippen molar-refractivity contribution in [3.8, 4) is 22.7 Å². The number of aromatic nitrogens is 2. The summed E-state index contributed by atoms with van der Waals surface area (Å²) >= 11 is 6.09. The Labute approximate surface area is 186 Å². The highest BCUT2D eigenvalue weighted by atomic mass is 35.5. The number of benzene rings is 2. The van der Waals surface area contributed by atoms with E-state index in [2.05, 4.69) is 15.2 Å². The maximum absolute atomic E-state index is 12.7. The van der Waals surface area contributed by atoms with Gasteiger partial charge in [-0.2, -0.15) is 0 Å². The van der Waals surface area contributed by atoms with Crippen molar-refractivity contribution in [2.24, 2.45) is 5.92 Å². The summed E-state index contributed by atoms with van der Waals surface area (Å²) in [5.41, 5.74) is 1.31. The van der Waals surface area contributed by atoms with Gasteiger partial charge < -0.3 is 14.8 Å². The second-order valence-corrected chi connectivity index (χ2v) is 7.32. The fourth-order valence-corrected chi connectivity index (χ4v) is 3.29. The van der Waals surface area contributed by atoms with Gasteiger partial charge >= 0.3 is 6.36 Å². The molecule has 0 unspecified atom stereocenters. The number of hydrogen-bond donors (Lipinski definition) is 1. The van der Waals surface area contributed by atoms with Gasteiger partial charge in [-0.25, -0.2) is 4.68 Å². The van der Waals surface area contributed by atoms with E-state index >= 15 is 0 Å². The molecule has 0 saturated heterocycles. The molecule has 1 amide bonds. The minimum atomic E-state index is -4.83. The van der Waals surface area contributed by atoms with E-state index in [4.69, 9.17) is 11.6 Å². The molecule has 2 aromatic carbocycles. The zero-order chi connectivity index (χ0) is 23.3. The molecule has 0 aliphatic rings. The van der Waals surface area contributed by atoms with E-state index in [0.717, 1.165) is 0 Å². The van der Waals surface area contributed by atoms with E-state index < -0.39 is 18.0 Å². The Morgan fingerprint density at radius 3 is 2.62 bits per heavy atom. The lowest BCUT2D eigenvalue weighted by Crippen LogP contribution is -2.23. The van der Waals surface area contributed by atoms with Crippen LogP contribution in [0.5, 0.6) is 5.75 Å². The molecule has 1 aromatic heterocycles. The van der Waals surface area contributed by atoms with Crippen LogP contribution in [0.1, 0.15) is 19.8 Å². The van der Waals surface area contributed by atoms with Crippen molar-refractivity contribution in [1.29, 1.82) is 0 Å². The first kappa shape index (κ1) is 23.3. The van der Waals surface area contributed by atoms with Crippen LogP contribution in [0, 0.1) is 5.92 Å². The number of anilines is 1. The van der Waals surface area contributed by atoms with Gasteiger partial charge in [0.1, 0.15) is 12.0 Å². The average molecular weight is 466 g/mol. The summed E-state index contributed by atoms with van der Waals surface area (Å²) in [5, 5.41) is 7.50. The third kappa shape index (κ3) is 5.88. The molecular weight excluding hydrogens is 447 g/mol. The maximum Gasteiger partial charge on any atom is 0.573 e. The summed E-state index contributed by atoms with van der Waals surface area (Å²) in [4.78, 5) is 23.3. The van der Waals surface area contributed by atoms with Crippen LogP contribution in [0.25, 0.3) is 16.9 Å². The van der Waals surface area contributed by atoms with Gasteiger partial charge in [0.25, 0.3) is 0 Å². The highest BCUT2D eigenvalue weighted by Gasteiger charge is 2.31. The smallest absolute Gasteiger partial charge is 0.406 e. The number of aldehydes is 1. The van der Waals surface area contributed by atoms with Crippen LogP contribution < -0.4 is 10.1 Å². The second kappa shape index (κ2) is 9.86. The normalized spacial score (nSPS) is 12.3. The molecule has 32 heavy (non-hydrogen) atoms. The molecule has 6 nitrogen and oxygen atoms in total. The number of hydrogen-bond acceptors (Lipinski definition) is 4. The maximum atomic E-state index is 12.7. The molecule has 1 heterocycles. The van der Waals surface area contributed by atoms with E-state index in [0.29, 0.717) is 34.7 Å². The van der Waals surface area contributed by atoms with Crippen LogP contribution in [0.15, 0.2) is 54.6 Å². The number of halogens is 4. The summed E-state index contributed by atoms with van der Waals surface area (Å²) in [5.74, 6) is -1.11. The van der Waals surface area contributed by atoms with Gasteiger partial charge in [-0.15, -0.1) is 18.3 Å². The second-order valence-electron chi connectivity index (χ2n) is 6.88. The predicted molar refractivity (Wildman–Crippen MR) is 114 cm³/mol. The van der Waals surface area contributed by atoms with Gasteiger partial charge in [-0.05, 0) is 36.8 Å². The largest absolute Gasteiger partial charge is 0.573 e. The third-order valence-corrected chi connectivity index (χ3v) is 4.86. The van der Waals surface area contributed by atoms with Crippen molar-refractivity contribution < 1.29 is 27.5 Å². The summed E-state index contributed by atoms with van der Waals surface area (Å²) in [7, 11) is 0. The molecule has 0 spiro atoms.